The molecule has 2 aromatic carbocycles. The Hall–Kier alpha value is -2.35. The molecule has 2 nitrogen and oxygen atoms in total. The van der Waals surface area contributed by atoms with Gasteiger partial charge in [-0.25, -0.2) is 4.79 Å². The Morgan fingerprint density at radius 2 is 1.67 bits per heavy atom. The summed E-state index contributed by atoms with van der Waals surface area (Å²) in [6, 6.07) is 14.9. The predicted molar refractivity (Wildman–Crippen MR) is 72.7 cm³/mol. The lowest BCUT2D eigenvalue weighted by Crippen LogP contribution is -2.00. The molecule has 18 heavy (non-hydrogen) atoms. The fraction of sp³-hybridized carbons (Fsp3) is 0.0625. The summed E-state index contributed by atoms with van der Waals surface area (Å²) in [4.78, 5) is 11.2. The quantitative estimate of drug-likeness (QED) is 0.823. The van der Waals surface area contributed by atoms with E-state index in [4.69, 9.17) is 0 Å². The maximum absolute atomic E-state index is 11.2. The van der Waals surface area contributed by atoms with E-state index in [-0.39, 0.29) is 0 Å². The van der Waals surface area contributed by atoms with Crippen LogP contribution in [0.1, 0.15) is 15.9 Å². The van der Waals surface area contributed by atoms with Gasteiger partial charge in [0.05, 0.1) is 5.56 Å². The van der Waals surface area contributed by atoms with Gasteiger partial charge in [0, 0.05) is 0 Å². The second-order valence-corrected chi connectivity index (χ2v) is 4.00. The van der Waals surface area contributed by atoms with Crippen molar-refractivity contribution in [2.75, 3.05) is 0 Å². The molecule has 1 N–H and O–H groups in total. The highest BCUT2D eigenvalue weighted by Gasteiger charge is 2.12. The zero-order valence-electron chi connectivity index (χ0n) is 9.97. The van der Waals surface area contributed by atoms with Crippen LogP contribution in [0.5, 0.6) is 0 Å². The van der Waals surface area contributed by atoms with Gasteiger partial charge in [0.2, 0.25) is 0 Å². The largest absolute Gasteiger partial charge is 0.478 e. The van der Waals surface area contributed by atoms with Crippen LogP contribution in [0.2, 0.25) is 0 Å². The molecular formula is C16H14O2. The molecule has 0 saturated heterocycles. The molecule has 0 aliphatic heterocycles. The van der Waals surface area contributed by atoms with Gasteiger partial charge in [-0.15, -0.1) is 6.58 Å². The smallest absolute Gasteiger partial charge is 0.336 e. The van der Waals surface area contributed by atoms with Gasteiger partial charge in [-0.2, -0.15) is 0 Å². The van der Waals surface area contributed by atoms with Crippen LogP contribution < -0.4 is 0 Å². The van der Waals surface area contributed by atoms with Crippen LogP contribution in [0.4, 0.5) is 0 Å². The average molecular weight is 238 g/mol. The fourth-order valence-electron chi connectivity index (χ4n) is 2.02. The molecule has 90 valence electrons. The average Bonchev–Trinajstić information content (AvgIpc) is 2.40. The van der Waals surface area contributed by atoms with Crippen molar-refractivity contribution < 1.29 is 9.90 Å². The molecule has 0 radical (unpaired) electrons. The first-order valence-electron chi connectivity index (χ1n) is 5.75. The minimum atomic E-state index is -0.904. The van der Waals surface area contributed by atoms with Crippen molar-refractivity contribution in [2.24, 2.45) is 0 Å². The number of carboxylic acids is 1. The lowest BCUT2D eigenvalue weighted by Gasteiger charge is -2.10. The molecule has 0 spiro atoms. The summed E-state index contributed by atoms with van der Waals surface area (Å²) in [6.45, 7) is 3.73. The highest BCUT2D eigenvalue weighted by atomic mass is 16.4. The van der Waals surface area contributed by atoms with Gasteiger partial charge in [-0.1, -0.05) is 48.5 Å². The molecule has 0 saturated carbocycles. The molecule has 2 rings (SSSR count). The maximum atomic E-state index is 11.2. The number of benzene rings is 2. The first-order valence-corrected chi connectivity index (χ1v) is 5.75. The Kier molecular flexibility index (Phi) is 3.58. The van der Waals surface area contributed by atoms with Crippen LogP contribution in [0.25, 0.3) is 11.1 Å². The van der Waals surface area contributed by atoms with Crippen LogP contribution in [-0.4, -0.2) is 11.1 Å². The molecule has 0 heterocycles. The van der Waals surface area contributed by atoms with Crippen LogP contribution in [-0.2, 0) is 6.42 Å². The number of carboxylic acid groups (broad SMARTS) is 1. The van der Waals surface area contributed by atoms with Crippen molar-refractivity contribution >= 4 is 5.97 Å². The van der Waals surface area contributed by atoms with E-state index >= 15 is 0 Å². The van der Waals surface area contributed by atoms with Gasteiger partial charge in [0.1, 0.15) is 0 Å². The molecule has 0 atom stereocenters. The van der Waals surface area contributed by atoms with Gasteiger partial charge >= 0.3 is 5.97 Å². The minimum Gasteiger partial charge on any atom is -0.478 e. The second-order valence-electron chi connectivity index (χ2n) is 4.00. The number of hydrogen-bond acceptors (Lipinski definition) is 1. The van der Waals surface area contributed by atoms with Crippen molar-refractivity contribution in [2.45, 2.75) is 6.42 Å². The summed E-state index contributed by atoms with van der Waals surface area (Å²) >= 11 is 0. The molecule has 0 amide bonds. The van der Waals surface area contributed by atoms with Crippen molar-refractivity contribution in [1.82, 2.24) is 0 Å². The molecule has 0 fully saturated rings. The Bertz CT molecular complexity index is 585. The maximum Gasteiger partial charge on any atom is 0.336 e. The Labute approximate surface area is 106 Å². The topological polar surface area (TPSA) is 37.3 Å². The normalized spacial score (nSPS) is 10.0. The zero-order valence-corrected chi connectivity index (χ0v) is 9.97. The van der Waals surface area contributed by atoms with Crippen molar-refractivity contribution in [3.63, 3.8) is 0 Å². The van der Waals surface area contributed by atoms with Crippen molar-refractivity contribution in [3.05, 3.63) is 72.3 Å². The standard InChI is InChI=1S/C16H14O2/c1-2-7-12-8-3-4-9-13(12)14-10-5-6-11-15(14)16(17)18/h2-6,8-11H,1,7H2,(H,17,18). The highest BCUT2D eigenvalue weighted by Crippen LogP contribution is 2.27. The lowest BCUT2D eigenvalue weighted by molar-refractivity contribution is 0.0698. The van der Waals surface area contributed by atoms with E-state index in [2.05, 4.69) is 6.58 Å². The third-order valence-electron chi connectivity index (χ3n) is 2.83. The van der Waals surface area contributed by atoms with E-state index in [0.29, 0.717) is 5.56 Å². The first kappa shape index (κ1) is 12.1. The first-order chi connectivity index (χ1) is 8.74. The minimum absolute atomic E-state index is 0.328. The van der Waals surface area contributed by atoms with Gasteiger partial charge in [-0.05, 0) is 29.2 Å². The monoisotopic (exact) mass is 238 g/mol. The molecular weight excluding hydrogens is 224 g/mol. The van der Waals surface area contributed by atoms with Gasteiger partial charge in [0.15, 0.2) is 0 Å². The zero-order chi connectivity index (χ0) is 13.0. The molecule has 2 aromatic rings. The second kappa shape index (κ2) is 5.32. The number of allylic oxidation sites excluding steroid dienone is 1. The number of carbonyl (C=O) groups is 1. The van der Waals surface area contributed by atoms with Crippen LogP contribution >= 0.6 is 0 Å². The molecule has 0 aliphatic rings. The number of rotatable bonds is 4. The SMILES string of the molecule is C=CCc1ccccc1-c1ccccc1C(=O)O. The Morgan fingerprint density at radius 1 is 1.06 bits per heavy atom. The summed E-state index contributed by atoms with van der Waals surface area (Å²) in [7, 11) is 0. The van der Waals surface area contributed by atoms with Crippen LogP contribution in [0.3, 0.4) is 0 Å². The summed E-state index contributed by atoms with van der Waals surface area (Å²) < 4.78 is 0. The Balaban J connectivity index is 2.61. The van der Waals surface area contributed by atoms with Crippen LogP contribution in [0.15, 0.2) is 61.2 Å². The summed E-state index contributed by atoms with van der Waals surface area (Å²) in [5.74, 6) is -0.904. The van der Waals surface area contributed by atoms with E-state index in [1.165, 1.54) is 0 Å². The van der Waals surface area contributed by atoms with Gasteiger partial charge in [-0.3, -0.25) is 0 Å². The van der Waals surface area contributed by atoms with Crippen molar-refractivity contribution in [1.29, 1.82) is 0 Å². The van der Waals surface area contributed by atoms with E-state index in [0.717, 1.165) is 23.1 Å². The molecule has 2 heteroatoms. The summed E-state index contributed by atoms with van der Waals surface area (Å²) in [6.07, 6.45) is 2.55. The predicted octanol–water partition coefficient (Wildman–Crippen LogP) is 3.78. The number of hydrogen-bond donors (Lipinski definition) is 1. The van der Waals surface area contributed by atoms with E-state index in [9.17, 15) is 9.90 Å². The van der Waals surface area contributed by atoms with E-state index in [1.807, 2.05) is 42.5 Å². The van der Waals surface area contributed by atoms with E-state index in [1.54, 1.807) is 12.1 Å². The summed E-state index contributed by atoms with van der Waals surface area (Å²) in [5.41, 5.74) is 3.12. The fourth-order valence-corrected chi connectivity index (χ4v) is 2.02. The Morgan fingerprint density at radius 3 is 2.33 bits per heavy atom. The van der Waals surface area contributed by atoms with Gasteiger partial charge < -0.3 is 5.11 Å². The van der Waals surface area contributed by atoms with Crippen LogP contribution in [0, 0.1) is 0 Å². The third-order valence-corrected chi connectivity index (χ3v) is 2.83. The highest BCUT2D eigenvalue weighted by molar-refractivity contribution is 5.96. The molecule has 0 bridgehead atoms. The van der Waals surface area contributed by atoms with E-state index < -0.39 is 5.97 Å². The number of aromatic carboxylic acids is 1. The summed E-state index contributed by atoms with van der Waals surface area (Å²) in [5, 5.41) is 9.23. The van der Waals surface area contributed by atoms with Crippen molar-refractivity contribution in [3.8, 4) is 11.1 Å². The molecule has 0 aliphatic carbocycles. The van der Waals surface area contributed by atoms with Gasteiger partial charge in [0.25, 0.3) is 0 Å². The molecule has 0 unspecified atom stereocenters. The third kappa shape index (κ3) is 2.33. The molecule has 0 aromatic heterocycles. The lowest BCUT2D eigenvalue weighted by atomic mass is 9.94.